The van der Waals surface area contributed by atoms with Gasteiger partial charge in [-0.15, -0.1) is 0 Å². The van der Waals surface area contributed by atoms with Crippen molar-refractivity contribution in [2.24, 2.45) is 5.92 Å². The highest BCUT2D eigenvalue weighted by molar-refractivity contribution is 4.92. The molecule has 2 aliphatic rings. The summed E-state index contributed by atoms with van der Waals surface area (Å²) >= 11 is 0. The molecule has 6 heteroatoms. The highest BCUT2D eigenvalue weighted by Gasteiger charge is 2.38. The standard InChI is InChI=1S/C14H26F3N3/c1-11(2)18-9-12-3-4-13(12)20-7-5-19(6-8-20)10-14(15,16)17/h11-13,18H,3-10H2,1-2H3. The number of hydrogen-bond donors (Lipinski definition) is 1. The fourth-order valence-electron chi connectivity index (χ4n) is 3.16. The lowest BCUT2D eigenvalue weighted by Gasteiger charge is -2.48. The fourth-order valence-corrected chi connectivity index (χ4v) is 3.16. The first-order valence-electron chi connectivity index (χ1n) is 7.61. The minimum absolute atomic E-state index is 0.500. The molecule has 118 valence electrons. The summed E-state index contributed by atoms with van der Waals surface area (Å²) in [6.07, 6.45) is -1.63. The van der Waals surface area contributed by atoms with Crippen LogP contribution in [0.3, 0.4) is 0 Å². The van der Waals surface area contributed by atoms with Crippen molar-refractivity contribution in [1.29, 1.82) is 0 Å². The van der Waals surface area contributed by atoms with E-state index >= 15 is 0 Å². The van der Waals surface area contributed by atoms with Crippen molar-refractivity contribution in [2.45, 2.75) is 44.9 Å². The molecular formula is C14H26F3N3. The summed E-state index contributed by atoms with van der Waals surface area (Å²) in [5.74, 6) is 0.673. The largest absolute Gasteiger partial charge is 0.401 e. The van der Waals surface area contributed by atoms with Crippen molar-refractivity contribution < 1.29 is 13.2 Å². The van der Waals surface area contributed by atoms with Crippen molar-refractivity contribution in [3.8, 4) is 0 Å². The van der Waals surface area contributed by atoms with E-state index in [-0.39, 0.29) is 0 Å². The molecule has 2 atom stereocenters. The van der Waals surface area contributed by atoms with Crippen LogP contribution in [0.4, 0.5) is 13.2 Å². The Morgan fingerprint density at radius 3 is 2.20 bits per heavy atom. The van der Waals surface area contributed by atoms with E-state index < -0.39 is 12.7 Å². The summed E-state index contributed by atoms with van der Waals surface area (Å²) in [7, 11) is 0. The molecule has 3 nitrogen and oxygen atoms in total. The third kappa shape index (κ3) is 4.60. The van der Waals surface area contributed by atoms with Crippen LogP contribution in [0.25, 0.3) is 0 Å². The minimum atomic E-state index is -4.07. The molecule has 20 heavy (non-hydrogen) atoms. The molecule has 1 aliphatic carbocycles. The van der Waals surface area contributed by atoms with Crippen LogP contribution in [0.5, 0.6) is 0 Å². The Morgan fingerprint density at radius 1 is 1.10 bits per heavy atom. The van der Waals surface area contributed by atoms with Crippen LogP contribution in [-0.2, 0) is 0 Å². The predicted octanol–water partition coefficient (Wildman–Crippen LogP) is 1.94. The van der Waals surface area contributed by atoms with Gasteiger partial charge in [0.15, 0.2) is 0 Å². The highest BCUT2D eigenvalue weighted by Crippen LogP contribution is 2.32. The molecule has 0 bridgehead atoms. The minimum Gasteiger partial charge on any atom is -0.314 e. The SMILES string of the molecule is CC(C)NCC1CCC1N1CCN(CC(F)(F)F)CC1. The average molecular weight is 293 g/mol. The van der Waals surface area contributed by atoms with Crippen LogP contribution in [0.2, 0.25) is 0 Å². The first-order valence-corrected chi connectivity index (χ1v) is 7.61. The van der Waals surface area contributed by atoms with Gasteiger partial charge in [-0.1, -0.05) is 13.8 Å². The van der Waals surface area contributed by atoms with E-state index in [1.807, 2.05) is 0 Å². The lowest BCUT2D eigenvalue weighted by Crippen LogP contribution is -2.58. The third-order valence-corrected chi connectivity index (χ3v) is 4.44. The molecule has 2 unspecified atom stereocenters. The molecule has 0 aromatic carbocycles. The van der Waals surface area contributed by atoms with Crippen LogP contribution in [0, 0.1) is 5.92 Å². The summed E-state index contributed by atoms with van der Waals surface area (Å²) in [5, 5.41) is 3.47. The molecule has 0 spiro atoms. The Morgan fingerprint density at radius 2 is 1.75 bits per heavy atom. The first-order chi connectivity index (χ1) is 9.35. The maximum absolute atomic E-state index is 12.3. The first kappa shape index (κ1) is 16.0. The fraction of sp³-hybridized carbons (Fsp3) is 1.00. The Labute approximate surface area is 119 Å². The van der Waals surface area contributed by atoms with E-state index in [0.29, 0.717) is 31.1 Å². The van der Waals surface area contributed by atoms with Gasteiger partial charge >= 0.3 is 6.18 Å². The van der Waals surface area contributed by atoms with Gasteiger partial charge in [0.25, 0.3) is 0 Å². The lowest BCUT2D eigenvalue weighted by molar-refractivity contribution is -0.150. The van der Waals surface area contributed by atoms with Gasteiger partial charge in [0, 0.05) is 38.3 Å². The van der Waals surface area contributed by atoms with Crippen LogP contribution in [-0.4, -0.2) is 67.3 Å². The lowest BCUT2D eigenvalue weighted by atomic mass is 9.78. The number of halogens is 3. The average Bonchev–Trinajstić information content (AvgIpc) is 2.28. The van der Waals surface area contributed by atoms with Crippen molar-refractivity contribution in [3.05, 3.63) is 0 Å². The molecule has 2 fully saturated rings. The van der Waals surface area contributed by atoms with Gasteiger partial charge in [-0.05, 0) is 25.3 Å². The second-order valence-corrected chi connectivity index (χ2v) is 6.40. The molecule has 1 saturated heterocycles. The van der Waals surface area contributed by atoms with Crippen molar-refractivity contribution in [3.63, 3.8) is 0 Å². The maximum atomic E-state index is 12.3. The van der Waals surface area contributed by atoms with Crippen LogP contribution in [0.1, 0.15) is 26.7 Å². The summed E-state index contributed by atoms with van der Waals surface area (Å²) in [4.78, 5) is 3.92. The normalized spacial score (nSPS) is 29.7. The molecule has 1 saturated carbocycles. The van der Waals surface area contributed by atoms with E-state index in [9.17, 15) is 13.2 Å². The Kier molecular flexibility index (Phi) is 5.31. The topological polar surface area (TPSA) is 18.5 Å². The molecule has 0 aromatic heterocycles. The van der Waals surface area contributed by atoms with Crippen LogP contribution in [0.15, 0.2) is 0 Å². The molecule has 0 radical (unpaired) electrons. The monoisotopic (exact) mass is 293 g/mol. The highest BCUT2D eigenvalue weighted by atomic mass is 19.4. The van der Waals surface area contributed by atoms with Gasteiger partial charge < -0.3 is 5.32 Å². The van der Waals surface area contributed by atoms with E-state index in [0.717, 1.165) is 19.6 Å². The van der Waals surface area contributed by atoms with Gasteiger partial charge in [0.2, 0.25) is 0 Å². The summed E-state index contributed by atoms with van der Waals surface area (Å²) in [6, 6.07) is 1.08. The Bertz CT molecular complexity index is 299. The maximum Gasteiger partial charge on any atom is 0.401 e. The molecule has 1 heterocycles. The van der Waals surface area contributed by atoms with E-state index in [4.69, 9.17) is 0 Å². The van der Waals surface area contributed by atoms with Gasteiger partial charge in [-0.2, -0.15) is 13.2 Å². The zero-order chi connectivity index (χ0) is 14.8. The molecule has 0 aromatic rings. The zero-order valence-corrected chi connectivity index (χ0v) is 12.4. The van der Waals surface area contributed by atoms with Crippen LogP contribution < -0.4 is 5.32 Å². The summed E-state index contributed by atoms with van der Waals surface area (Å²) in [6.45, 7) is 7.20. The number of hydrogen-bond acceptors (Lipinski definition) is 3. The van der Waals surface area contributed by atoms with Gasteiger partial charge in [0.05, 0.1) is 6.54 Å². The quantitative estimate of drug-likeness (QED) is 0.836. The third-order valence-electron chi connectivity index (χ3n) is 4.44. The second kappa shape index (κ2) is 6.62. The van der Waals surface area contributed by atoms with Gasteiger partial charge in [-0.3, -0.25) is 9.80 Å². The van der Waals surface area contributed by atoms with Crippen molar-refractivity contribution >= 4 is 0 Å². The second-order valence-electron chi connectivity index (χ2n) is 6.40. The Balaban J connectivity index is 1.71. The molecule has 2 rings (SSSR count). The Hall–Kier alpha value is -0.330. The van der Waals surface area contributed by atoms with E-state index in [1.165, 1.54) is 17.7 Å². The predicted molar refractivity (Wildman–Crippen MR) is 73.7 cm³/mol. The van der Waals surface area contributed by atoms with Crippen molar-refractivity contribution in [2.75, 3.05) is 39.3 Å². The number of nitrogens with zero attached hydrogens (tertiary/aromatic N) is 2. The van der Waals surface area contributed by atoms with E-state index in [2.05, 4.69) is 24.1 Å². The number of rotatable bonds is 5. The van der Waals surface area contributed by atoms with E-state index in [1.54, 1.807) is 0 Å². The number of nitrogens with one attached hydrogen (secondary N) is 1. The smallest absolute Gasteiger partial charge is 0.314 e. The summed E-state index contributed by atoms with van der Waals surface area (Å²) in [5.41, 5.74) is 0. The molecule has 1 N–H and O–H groups in total. The molecule has 1 aliphatic heterocycles. The van der Waals surface area contributed by atoms with Gasteiger partial charge in [0.1, 0.15) is 0 Å². The van der Waals surface area contributed by atoms with Crippen molar-refractivity contribution in [1.82, 2.24) is 15.1 Å². The molecular weight excluding hydrogens is 267 g/mol. The number of alkyl halides is 3. The molecule has 0 amide bonds. The van der Waals surface area contributed by atoms with Gasteiger partial charge in [-0.25, -0.2) is 0 Å². The van der Waals surface area contributed by atoms with Crippen LogP contribution >= 0.6 is 0 Å². The zero-order valence-electron chi connectivity index (χ0n) is 12.4. The number of piperazine rings is 1. The summed E-state index contributed by atoms with van der Waals surface area (Å²) < 4.78 is 37.0.